The minimum absolute atomic E-state index is 0.157. The van der Waals surface area contributed by atoms with Crippen LogP contribution in [-0.2, 0) is 9.59 Å². The molecule has 1 aromatic heterocycles. The van der Waals surface area contributed by atoms with E-state index in [4.69, 9.17) is 0 Å². The molecule has 160 valence electrons. The number of benzene rings is 2. The molecule has 0 unspecified atom stereocenters. The van der Waals surface area contributed by atoms with Gasteiger partial charge in [-0.05, 0) is 30.0 Å². The number of imide groups is 1. The molecule has 1 saturated carbocycles. The van der Waals surface area contributed by atoms with Crippen molar-refractivity contribution in [1.82, 2.24) is 14.8 Å². The maximum absolute atomic E-state index is 13.1. The molecule has 1 aliphatic carbocycles. The monoisotopic (exact) mass is 425 g/mol. The molecule has 2 fully saturated rings. The first-order valence-corrected chi connectivity index (χ1v) is 11.1. The van der Waals surface area contributed by atoms with Crippen LogP contribution >= 0.6 is 0 Å². The highest BCUT2D eigenvalue weighted by molar-refractivity contribution is 6.21. The number of rotatable bonds is 3. The largest absolute Gasteiger partial charge is 0.324 e. The quantitative estimate of drug-likeness (QED) is 0.642. The number of fused-ring (bicyclic) bond motifs is 2. The zero-order valence-corrected chi connectivity index (χ0v) is 17.5. The predicted molar refractivity (Wildman–Crippen MR) is 121 cm³/mol. The van der Waals surface area contributed by atoms with Crippen LogP contribution in [0, 0.1) is 11.8 Å². The average molecular weight is 425 g/mol. The van der Waals surface area contributed by atoms with Gasteiger partial charge >= 0.3 is 0 Å². The van der Waals surface area contributed by atoms with Crippen LogP contribution in [0.25, 0.3) is 5.70 Å². The Morgan fingerprint density at radius 1 is 0.844 bits per heavy atom. The molecule has 3 aromatic rings. The molecule has 1 saturated heterocycles. The van der Waals surface area contributed by atoms with Crippen LogP contribution in [0.5, 0.6) is 0 Å². The van der Waals surface area contributed by atoms with Crippen LogP contribution < -0.4 is 10.2 Å². The first-order valence-electron chi connectivity index (χ1n) is 11.1. The number of aromatic nitrogens is 3. The predicted octanol–water partition coefficient (Wildman–Crippen LogP) is 4.01. The second-order valence-corrected chi connectivity index (χ2v) is 8.62. The highest BCUT2D eigenvalue weighted by Crippen LogP contribution is 2.40. The topological polar surface area (TPSA) is 80.1 Å². The van der Waals surface area contributed by atoms with Crippen molar-refractivity contribution in [3.63, 3.8) is 0 Å². The standard InChI is InChI=1S/C25H23N5O2/c31-22-18-13-7-8-14-19(18)23(32)29(22)25-27-24-26-20(16-9-3-1-4-10-16)15-21(30(24)28-25)17-11-5-2-6-12-17/h1-6,9-12,15,18-19,21H,7-8,13-14H2,(H,26,27,28)/t18-,19+,21-/m0/s1. The summed E-state index contributed by atoms with van der Waals surface area (Å²) in [5.41, 5.74) is 3.00. The fourth-order valence-corrected chi connectivity index (χ4v) is 5.11. The van der Waals surface area contributed by atoms with E-state index >= 15 is 0 Å². The number of carbonyl (C=O) groups is 2. The Balaban J connectivity index is 1.42. The SMILES string of the molecule is O=C1[C@H]2CCCC[C@H]2C(=O)N1c1nc2n(n1)[C@H](c1ccccc1)C=C(c1ccccc1)N2. The first-order chi connectivity index (χ1) is 15.7. The maximum atomic E-state index is 13.1. The molecule has 1 N–H and O–H groups in total. The molecule has 2 aromatic carbocycles. The molecule has 32 heavy (non-hydrogen) atoms. The number of carbonyl (C=O) groups excluding carboxylic acids is 2. The lowest BCUT2D eigenvalue weighted by molar-refractivity contribution is -0.122. The second-order valence-electron chi connectivity index (χ2n) is 8.62. The van der Waals surface area contributed by atoms with Crippen molar-refractivity contribution < 1.29 is 9.59 Å². The highest BCUT2D eigenvalue weighted by atomic mass is 16.2. The van der Waals surface area contributed by atoms with Gasteiger partial charge in [-0.25, -0.2) is 9.58 Å². The second kappa shape index (κ2) is 7.44. The van der Waals surface area contributed by atoms with E-state index in [9.17, 15) is 9.59 Å². The van der Waals surface area contributed by atoms with E-state index in [-0.39, 0.29) is 35.6 Å². The Morgan fingerprint density at radius 3 is 2.12 bits per heavy atom. The Bertz CT molecular complexity index is 1190. The van der Waals surface area contributed by atoms with Crippen molar-refractivity contribution in [2.24, 2.45) is 11.8 Å². The summed E-state index contributed by atoms with van der Waals surface area (Å²) in [6, 6.07) is 19.9. The van der Waals surface area contributed by atoms with Gasteiger partial charge in [-0.1, -0.05) is 73.5 Å². The summed E-state index contributed by atoms with van der Waals surface area (Å²) in [5, 5.41) is 8.01. The summed E-state index contributed by atoms with van der Waals surface area (Å²) < 4.78 is 1.76. The minimum Gasteiger partial charge on any atom is -0.324 e. The van der Waals surface area contributed by atoms with Crippen LogP contribution in [0.1, 0.15) is 42.9 Å². The molecule has 2 aliphatic heterocycles. The molecular formula is C25H23N5O2. The van der Waals surface area contributed by atoms with E-state index in [0.29, 0.717) is 5.95 Å². The van der Waals surface area contributed by atoms with E-state index in [2.05, 4.69) is 21.5 Å². The van der Waals surface area contributed by atoms with E-state index < -0.39 is 0 Å². The van der Waals surface area contributed by atoms with Gasteiger partial charge in [0.25, 0.3) is 5.95 Å². The summed E-state index contributed by atoms with van der Waals surface area (Å²) in [7, 11) is 0. The van der Waals surface area contributed by atoms with Crippen LogP contribution in [-0.4, -0.2) is 26.6 Å². The van der Waals surface area contributed by atoms with Crippen molar-refractivity contribution in [2.75, 3.05) is 10.2 Å². The summed E-state index contributed by atoms with van der Waals surface area (Å²) >= 11 is 0. The molecule has 0 radical (unpaired) electrons. The molecular weight excluding hydrogens is 402 g/mol. The molecule has 3 atom stereocenters. The van der Waals surface area contributed by atoms with Crippen molar-refractivity contribution in [3.8, 4) is 0 Å². The Kier molecular flexibility index (Phi) is 4.41. The fraction of sp³-hybridized carbons (Fsp3) is 0.280. The van der Waals surface area contributed by atoms with Crippen molar-refractivity contribution in [1.29, 1.82) is 0 Å². The molecule has 3 aliphatic rings. The van der Waals surface area contributed by atoms with Crippen LogP contribution in [0.2, 0.25) is 0 Å². The number of hydrogen-bond acceptors (Lipinski definition) is 5. The Hall–Kier alpha value is -3.74. The molecule has 0 bridgehead atoms. The average Bonchev–Trinajstić information content (AvgIpc) is 3.38. The van der Waals surface area contributed by atoms with Crippen LogP contribution in [0.15, 0.2) is 66.7 Å². The van der Waals surface area contributed by atoms with Crippen LogP contribution in [0.4, 0.5) is 11.9 Å². The van der Waals surface area contributed by atoms with Crippen LogP contribution in [0.3, 0.4) is 0 Å². The lowest BCUT2D eigenvalue weighted by Crippen LogP contribution is -2.32. The lowest BCUT2D eigenvalue weighted by Gasteiger charge is -2.24. The number of anilines is 2. The number of nitrogens with zero attached hydrogens (tertiary/aromatic N) is 4. The Labute approximate surface area is 185 Å². The van der Waals surface area contributed by atoms with Gasteiger partial charge in [-0.15, -0.1) is 5.10 Å². The Morgan fingerprint density at radius 2 is 1.47 bits per heavy atom. The normalized spacial score (nSPS) is 24.6. The molecule has 0 spiro atoms. The third-order valence-electron chi connectivity index (χ3n) is 6.72. The van der Waals surface area contributed by atoms with Gasteiger partial charge in [0.2, 0.25) is 17.8 Å². The van der Waals surface area contributed by atoms with Crippen molar-refractivity contribution in [2.45, 2.75) is 31.7 Å². The molecule has 2 amide bonds. The zero-order valence-electron chi connectivity index (χ0n) is 17.5. The number of hydrogen-bond donors (Lipinski definition) is 1. The van der Waals surface area contributed by atoms with Crippen molar-refractivity contribution in [3.05, 3.63) is 77.9 Å². The van der Waals surface area contributed by atoms with Gasteiger partial charge < -0.3 is 5.32 Å². The maximum Gasteiger partial charge on any atom is 0.260 e. The van der Waals surface area contributed by atoms with Gasteiger partial charge in [0, 0.05) is 5.70 Å². The van der Waals surface area contributed by atoms with Gasteiger partial charge in [0.15, 0.2) is 0 Å². The fourth-order valence-electron chi connectivity index (χ4n) is 5.11. The van der Waals surface area contributed by atoms with E-state index in [1.807, 2.05) is 60.7 Å². The summed E-state index contributed by atoms with van der Waals surface area (Å²) in [4.78, 5) is 32.0. The van der Waals surface area contributed by atoms with Gasteiger partial charge in [-0.2, -0.15) is 4.98 Å². The number of amides is 2. The smallest absolute Gasteiger partial charge is 0.260 e. The van der Waals surface area contributed by atoms with Gasteiger partial charge in [0.1, 0.15) is 6.04 Å². The number of nitrogens with one attached hydrogen (secondary N) is 1. The first kappa shape index (κ1) is 19.0. The van der Waals surface area contributed by atoms with E-state index in [0.717, 1.165) is 42.5 Å². The third-order valence-corrected chi connectivity index (χ3v) is 6.72. The van der Waals surface area contributed by atoms with E-state index in [1.165, 1.54) is 4.90 Å². The van der Waals surface area contributed by atoms with Crippen molar-refractivity contribution >= 4 is 29.4 Å². The summed E-state index contributed by atoms with van der Waals surface area (Å²) in [5.74, 6) is -0.0863. The summed E-state index contributed by atoms with van der Waals surface area (Å²) in [6.07, 6.45) is 5.61. The molecule has 7 nitrogen and oxygen atoms in total. The molecule has 3 heterocycles. The highest BCUT2D eigenvalue weighted by Gasteiger charge is 2.50. The van der Waals surface area contributed by atoms with Gasteiger partial charge in [0.05, 0.1) is 11.8 Å². The summed E-state index contributed by atoms with van der Waals surface area (Å²) in [6.45, 7) is 0. The third kappa shape index (κ3) is 2.96. The molecule has 6 rings (SSSR count). The minimum atomic E-state index is -0.229. The zero-order chi connectivity index (χ0) is 21.7. The van der Waals surface area contributed by atoms with Gasteiger partial charge in [-0.3, -0.25) is 9.59 Å². The number of allylic oxidation sites excluding steroid dienone is 1. The van der Waals surface area contributed by atoms with E-state index in [1.54, 1.807) is 4.68 Å². The lowest BCUT2D eigenvalue weighted by atomic mass is 9.81. The molecule has 7 heteroatoms.